The zero-order valence-corrected chi connectivity index (χ0v) is 15.3. The Bertz CT molecular complexity index is 791. The first-order chi connectivity index (χ1) is 11.6. The molecule has 11 heteroatoms. The summed E-state index contributed by atoms with van der Waals surface area (Å²) >= 11 is 2.52. The van der Waals surface area contributed by atoms with Gasteiger partial charge in [0.2, 0.25) is 16.9 Å². The number of halogens is 1. The Morgan fingerprint density at radius 3 is 2.76 bits per heavy atom. The number of hydrogen-bond acceptors (Lipinski definition) is 8. The van der Waals surface area contributed by atoms with Crippen molar-refractivity contribution in [1.29, 1.82) is 0 Å². The van der Waals surface area contributed by atoms with Crippen molar-refractivity contribution in [3.8, 4) is 0 Å². The summed E-state index contributed by atoms with van der Waals surface area (Å²) < 4.78 is 13.9. The predicted octanol–water partition coefficient (Wildman–Crippen LogP) is 3.53. The highest BCUT2D eigenvalue weighted by Gasteiger charge is 2.16. The van der Waals surface area contributed by atoms with Crippen LogP contribution in [0.5, 0.6) is 0 Å². The van der Waals surface area contributed by atoms with Crippen molar-refractivity contribution in [2.75, 3.05) is 16.4 Å². The minimum Gasteiger partial charge on any atom is -0.355 e. The van der Waals surface area contributed by atoms with Crippen LogP contribution in [-0.4, -0.2) is 32.3 Å². The van der Waals surface area contributed by atoms with Gasteiger partial charge in [0.15, 0.2) is 4.34 Å². The van der Waals surface area contributed by atoms with Gasteiger partial charge in [-0.3, -0.25) is 14.9 Å². The summed E-state index contributed by atoms with van der Waals surface area (Å²) in [6.07, 6.45) is 0. The number of rotatable bonds is 6. The van der Waals surface area contributed by atoms with Crippen LogP contribution in [0, 0.1) is 15.9 Å². The molecule has 0 aliphatic heterocycles. The molecule has 8 nitrogen and oxygen atoms in total. The molecule has 25 heavy (non-hydrogen) atoms. The molecule has 2 rings (SSSR count). The van der Waals surface area contributed by atoms with E-state index in [0.29, 0.717) is 9.47 Å². The zero-order chi connectivity index (χ0) is 18.6. The van der Waals surface area contributed by atoms with Gasteiger partial charge in [0.25, 0.3) is 0 Å². The molecular weight excluding hydrogens is 369 g/mol. The lowest BCUT2D eigenvalue weighted by molar-refractivity contribution is -0.387. The van der Waals surface area contributed by atoms with E-state index >= 15 is 0 Å². The Kier molecular flexibility index (Phi) is 5.90. The summed E-state index contributed by atoms with van der Waals surface area (Å²) in [5, 5.41) is 25.0. The highest BCUT2D eigenvalue weighted by atomic mass is 32.2. The molecule has 0 spiro atoms. The number of amides is 1. The monoisotopic (exact) mass is 385 g/mol. The van der Waals surface area contributed by atoms with Crippen LogP contribution in [0.15, 0.2) is 22.5 Å². The molecule has 1 aromatic carbocycles. The number of anilines is 2. The average Bonchev–Trinajstić information content (AvgIpc) is 2.92. The first-order valence-electron chi connectivity index (χ1n) is 7.12. The van der Waals surface area contributed by atoms with Crippen LogP contribution < -0.4 is 10.6 Å². The third-order valence-corrected chi connectivity index (χ3v) is 4.61. The molecule has 0 aliphatic carbocycles. The van der Waals surface area contributed by atoms with Gasteiger partial charge in [-0.05, 0) is 32.9 Å². The SMILES string of the molecule is CC(C)(C)Nc1nnc(SCC(=O)Nc2ccc(F)c([N+](=O)[O-])c2)s1. The van der Waals surface area contributed by atoms with Gasteiger partial charge in [-0.1, -0.05) is 23.1 Å². The fraction of sp³-hybridized carbons (Fsp3) is 0.357. The fourth-order valence-corrected chi connectivity index (χ4v) is 3.45. The highest BCUT2D eigenvalue weighted by molar-refractivity contribution is 8.01. The lowest BCUT2D eigenvalue weighted by atomic mass is 10.1. The Labute approximate surface area is 151 Å². The first kappa shape index (κ1) is 19.1. The van der Waals surface area contributed by atoms with Crippen LogP contribution in [0.3, 0.4) is 0 Å². The molecule has 0 saturated heterocycles. The second-order valence-electron chi connectivity index (χ2n) is 6.01. The van der Waals surface area contributed by atoms with Crippen LogP contribution in [0.2, 0.25) is 0 Å². The molecule has 1 heterocycles. The number of nitro groups is 1. The quantitative estimate of drug-likeness (QED) is 0.445. The summed E-state index contributed by atoms with van der Waals surface area (Å²) in [5.41, 5.74) is -0.672. The molecule has 1 aromatic heterocycles. The van der Waals surface area contributed by atoms with Gasteiger partial charge in [-0.2, -0.15) is 4.39 Å². The molecule has 134 valence electrons. The number of nitrogens with one attached hydrogen (secondary N) is 2. The van der Waals surface area contributed by atoms with Crippen molar-refractivity contribution in [2.24, 2.45) is 0 Å². The van der Waals surface area contributed by atoms with Crippen LogP contribution >= 0.6 is 23.1 Å². The molecule has 2 aromatic rings. The van der Waals surface area contributed by atoms with E-state index in [9.17, 15) is 19.3 Å². The number of hydrogen-bond donors (Lipinski definition) is 2. The van der Waals surface area contributed by atoms with E-state index in [0.717, 1.165) is 12.1 Å². The van der Waals surface area contributed by atoms with Crippen LogP contribution in [-0.2, 0) is 4.79 Å². The van der Waals surface area contributed by atoms with Gasteiger partial charge < -0.3 is 10.6 Å². The topological polar surface area (TPSA) is 110 Å². The van der Waals surface area contributed by atoms with Gasteiger partial charge in [0.1, 0.15) is 0 Å². The van der Waals surface area contributed by atoms with Crippen molar-refractivity contribution in [2.45, 2.75) is 30.6 Å². The molecule has 0 aliphatic rings. The maximum Gasteiger partial charge on any atom is 0.306 e. The summed E-state index contributed by atoms with van der Waals surface area (Å²) in [4.78, 5) is 21.8. The third kappa shape index (κ3) is 5.94. The van der Waals surface area contributed by atoms with Gasteiger partial charge >= 0.3 is 5.69 Å². The minimum atomic E-state index is -0.954. The molecule has 2 N–H and O–H groups in total. The molecule has 0 radical (unpaired) electrons. The Hall–Kier alpha value is -2.27. The van der Waals surface area contributed by atoms with Crippen molar-refractivity contribution >= 4 is 45.5 Å². The van der Waals surface area contributed by atoms with E-state index in [1.165, 1.54) is 29.2 Å². The lowest BCUT2D eigenvalue weighted by Gasteiger charge is -2.18. The molecule has 0 bridgehead atoms. The zero-order valence-electron chi connectivity index (χ0n) is 13.7. The van der Waals surface area contributed by atoms with E-state index < -0.39 is 16.4 Å². The van der Waals surface area contributed by atoms with Gasteiger partial charge in [-0.15, -0.1) is 10.2 Å². The van der Waals surface area contributed by atoms with Crippen LogP contribution in [0.4, 0.5) is 20.9 Å². The average molecular weight is 385 g/mol. The van der Waals surface area contributed by atoms with Crippen LogP contribution in [0.1, 0.15) is 20.8 Å². The summed E-state index contributed by atoms with van der Waals surface area (Å²) in [5.74, 6) is -1.29. The normalized spacial score (nSPS) is 11.2. The third-order valence-electron chi connectivity index (χ3n) is 2.64. The second kappa shape index (κ2) is 7.74. The fourth-order valence-electron chi connectivity index (χ4n) is 1.69. The smallest absolute Gasteiger partial charge is 0.306 e. The van der Waals surface area contributed by atoms with E-state index in [-0.39, 0.29) is 22.9 Å². The maximum absolute atomic E-state index is 13.3. The van der Waals surface area contributed by atoms with Crippen molar-refractivity contribution in [3.63, 3.8) is 0 Å². The van der Waals surface area contributed by atoms with E-state index in [1.807, 2.05) is 20.8 Å². The predicted molar refractivity (Wildman–Crippen MR) is 95.7 cm³/mol. The maximum atomic E-state index is 13.3. The van der Waals surface area contributed by atoms with Crippen molar-refractivity contribution in [3.05, 3.63) is 34.1 Å². The molecular formula is C14H16FN5O3S2. The van der Waals surface area contributed by atoms with E-state index in [1.54, 1.807) is 0 Å². The summed E-state index contributed by atoms with van der Waals surface area (Å²) in [7, 11) is 0. The summed E-state index contributed by atoms with van der Waals surface area (Å²) in [6, 6.07) is 3.19. The highest BCUT2D eigenvalue weighted by Crippen LogP contribution is 2.27. The van der Waals surface area contributed by atoms with Crippen molar-refractivity contribution in [1.82, 2.24) is 10.2 Å². The van der Waals surface area contributed by atoms with Gasteiger partial charge in [0.05, 0.1) is 10.7 Å². The largest absolute Gasteiger partial charge is 0.355 e. The Morgan fingerprint density at radius 1 is 1.40 bits per heavy atom. The molecule has 0 fully saturated rings. The Morgan fingerprint density at radius 2 is 2.12 bits per heavy atom. The summed E-state index contributed by atoms with van der Waals surface area (Å²) in [6.45, 7) is 5.99. The molecule has 0 saturated carbocycles. The lowest BCUT2D eigenvalue weighted by Crippen LogP contribution is -2.25. The van der Waals surface area contributed by atoms with Crippen LogP contribution in [0.25, 0.3) is 0 Å². The minimum absolute atomic E-state index is 0.0509. The number of aromatic nitrogens is 2. The number of nitro benzene ring substituents is 1. The number of carbonyl (C=O) groups excluding carboxylic acids is 1. The number of nitrogens with zero attached hydrogens (tertiary/aromatic N) is 3. The number of carbonyl (C=O) groups is 1. The molecule has 0 atom stereocenters. The van der Waals surface area contributed by atoms with E-state index in [4.69, 9.17) is 0 Å². The Balaban J connectivity index is 1.91. The molecule has 0 unspecified atom stereocenters. The van der Waals surface area contributed by atoms with E-state index in [2.05, 4.69) is 20.8 Å². The standard InChI is InChI=1S/C14H16FN5O3S2/c1-14(2,3)17-12-18-19-13(25-12)24-7-11(21)16-8-4-5-9(15)10(6-8)20(22)23/h4-6H,7H2,1-3H3,(H,16,21)(H,17,18). The van der Waals surface area contributed by atoms with Crippen molar-refractivity contribution < 1.29 is 14.1 Å². The number of thioether (sulfide) groups is 1. The second-order valence-corrected chi connectivity index (χ2v) is 8.21. The van der Waals surface area contributed by atoms with Gasteiger partial charge in [0, 0.05) is 17.3 Å². The number of benzene rings is 1. The van der Waals surface area contributed by atoms with Gasteiger partial charge in [-0.25, -0.2) is 0 Å². The molecule has 1 amide bonds. The first-order valence-corrected chi connectivity index (χ1v) is 8.92.